The zero-order valence-electron chi connectivity index (χ0n) is 14.4. The lowest BCUT2D eigenvalue weighted by molar-refractivity contribution is 0.0865. The largest absolute Gasteiger partial charge is 0.394 e. The van der Waals surface area contributed by atoms with Gasteiger partial charge in [0.2, 0.25) is 0 Å². The number of hydrogen-bond acceptors (Lipinski definition) is 3. The first-order valence-electron chi connectivity index (χ1n) is 8.84. The number of hydrogen-bond donors (Lipinski definition) is 3. The highest BCUT2D eigenvalue weighted by atomic mass is 16.3. The summed E-state index contributed by atoms with van der Waals surface area (Å²) in [7, 11) is 0. The Morgan fingerprint density at radius 2 is 1.44 bits per heavy atom. The van der Waals surface area contributed by atoms with E-state index in [1.807, 2.05) is 6.92 Å². The van der Waals surface area contributed by atoms with Gasteiger partial charge in [0.25, 0.3) is 0 Å². The van der Waals surface area contributed by atoms with Gasteiger partial charge in [-0.15, -0.1) is 0 Å². The Hall–Kier alpha value is -2.20. The average molecular weight is 333 g/mol. The zero-order valence-corrected chi connectivity index (χ0v) is 14.4. The number of rotatable bonds is 6. The Morgan fingerprint density at radius 3 is 2.08 bits per heavy atom. The van der Waals surface area contributed by atoms with E-state index in [0.717, 1.165) is 0 Å². The lowest BCUT2D eigenvalue weighted by Gasteiger charge is -2.30. The summed E-state index contributed by atoms with van der Waals surface area (Å²) in [4.78, 5) is 0. The van der Waals surface area contributed by atoms with E-state index in [-0.39, 0.29) is 13.2 Å². The van der Waals surface area contributed by atoms with Gasteiger partial charge in [-0.3, -0.25) is 0 Å². The van der Waals surface area contributed by atoms with Gasteiger partial charge in [0.15, 0.2) is 0 Å². The van der Waals surface area contributed by atoms with Crippen molar-refractivity contribution < 1.29 is 10.2 Å². The van der Waals surface area contributed by atoms with Gasteiger partial charge in [0.1, 0.15) is 0 Å². The molecule has 3 nitrogen and oxygen atoms in total. The van der Waals surface area contributed by atoms with E-state index in [4.69, 9.17) is 0 Å². The molecular weight excluding hydrogens is 310 g/mol. The van der Waals surface area contributed by atoms with Crippen molar-refractivity contribution in [2.45, 2.75) is 25.4 Å². The minimum absolute atomic E-state index is 0.0767. The van der Waals surface area contributed by atoms with Crippen molar-refractivity contribution in [3.8, 4) is 22.3 Å². The summed E-state index contributed by atoms with van der Waals surface area (Å²) in [5, 5.41) is 25.2. The molecule has 0 spiro atoms. The molecule has 0 radical (unpaired) electrons. The van der Waals surface area contributed by atoms with Crippen LogP contribution >= 0.6 is 0 Å². The zero-order chi connectivity index (χ0) is 17.4. The number of aliphatic hydroxyl groups is 2. The van der Waals surface area contributed by atoms with Crippen LogP contribution in [0.4, 0.5) is 0 Å². The van der Waals surface area contributed by atoms with Crippen molar-refractivity contribution in [1.82, 2.24) is 5.32 Å². The molecule has 0 amide bonds. The minimum atomic E-state index is -0.633. The van der Waals surface area contributed by atoms with Gasteiger partial charge in [-0.1, -0.05) is 61.5 Å². The first kappa shape index (κ1) is 16.3. The summed E-state index contributed by atoms with van der Waals surface area (Å²) in [5.41, 5.74) is 5.72. The first-order chi connectivity index (χ1) is 12.2. The van der Waals surface area contributed by atoms with Gasteiger partial charge >= 0.3 is 0 Å². The smallest absolute Gasteiger partial charge is 0.0648 e. The Morgan fingerprint density at radius 1 is 0.800 bits per heavy atom. The van der Waals surface area contributed by atoms with Crippen molar-refractivity contribution in [1.29, 1.82) is 0 Å². The molecule has 1 aliphatic carbocycles. The highest BCUT2D eigenvalue weighted by molar-refractivity contribution is 6.15. The normalized spacial score (nSPS) is 12.6. The molecule has 0 fully saturated rings. The topological polar surface area (TPSA) is 52.5 Å². The van der Waals surface area contributed by atoms with Crippen LogP contribution in [0.1, 0.15) is 18.9 Å². The fourth-order valence-corrected chi connectivity index (χ4v) is 3.82. The van der Waals surface area contributed by atoms with E-state index in [1.54, 1.807) is 0 Å². The third-order valence-electron chi connectivity index (χ3n) is 5.57. The van der Waals surface area contributed by atoms with E-state index in [2.05, 4.69) is 59.9 Å². The highest BCUT2D eigenvalue weighted by Gasteiger charge is 2.27. The molecule has 3 aromatic rings. The lowest BCUT2D eigenvalue weighted by Crippen LogP contribution is -2.50. The second-order valence-corrected chi connectivity index (χ2v) is 6.85. The van der Waals surface area contributed by atoms with Crippen LogP contribution in [-0.4, -0.2) is 29.0 Å². The van der Waals surface area contributed by atoms with Crippen molar-refractivity contribution in [3.63, 3.8) is 0 Å². The summed E-state index contributed by atoms with van der Waals surface area (Å²) in [6.07, 6.45) is 0.673. The van der Waals surface area contributed by atoms with Crippen molar-refractivity contribution >= 4 is 10.8 Å². The van der Waals surface area contributed by atoms with Crippen LogP contribution in [0.5, 0.6) is 0 Å². The van der Waals surface area contributed by atoms with Gasteiger partial charge in [-0.2, -0.15) is 0 Å². The summed E-state index contributed by atoms with van der Waals surface area (Å²) >= 11 is 0. The predicted molar refractivity (Wildman–Crippen MR) is 102 cm³/mol. The number of aliphatic hydroxyl groups excluding tert-OH is 2. The van der Waals surface area contributed by atoms with E-state index >= 15 is 0 Å². The third kappa shape index (κ3) is 2.47. The molecule has 128 valence electrons. The SMILES string of the molecule is CCC(CO)(CO)NCc1ccc2c3c(cccc13)-c1ccccc1-2. The van der Waals surface area contributed by atoms with Crippen LogP contribution in [0.2, 0.25) is 0 Å². The molecule has 0 aromatic heterocycles. The number of nitrogens with one attached hydrogen (secondary N) is 1. The quantitative estimate of drug-likeness (QED) is 0.504. The molecule has 3 heteroatoms. The van der Waals surface area contributed by atoms with Crippen LogP contribution in [0.3, 0.4) is 0 Å². The molecule has 4 rings (SSSR count). The molecule has 0 saturated heterocycles. The van der Waals surface area contributed by atoms with Gasteiger partial charge in [0.05, 0.1) is 18.8 Å². The average Bonchev–Trinajstić information content (AvgIpc) is 3.01. The maximum absolute atomic E-state index is 9.66. The van der Waals surface area contributed by atoms with Crippen molar-refractivity contribution in [2.24, 2.45) is 0 Å². The van der Waals surface area contributed by atoms with Crippen LogP contribution in [-0.2, 0) is 6.54 Å². The molecule has 0 heterocycles. The van der Waals surface area contributed by atoms with E-state index in [9.17, 15) is 10.2 Å². The summed E-state index contributed by atoms with van der Waals surface area (Å²) < 4.78 is 0. The predicted octanol–water partition coefficient (Wildman–Crippen LogP) is 3.71. The molecule has 3 aromatic carbocycles. The number of fused-ring (bicyclic) bond motifs is 3. The third-order valence-corrected chi connectivity index (χ3v) is 5.57. The minimum Gasteiger partial charge on any atom is -0.394 e. The maximum atomic E-state index is 9.66. The second kappa shape index (κ2) is 6.26. The van der Waals surface area contributed by atoms with Crippen molar-refractivity contribution in [3.05, 3.63) is 60.2 Å². The molecule has 3 N–H and O–H groups in total. The molecule has 0 atom stereocenters. The fraction of sp³-hybridized carbons (Fsp3) is 0.273. The molecule has 1 aliphatic rings. The van der Waals surface area contributed by atoms with Crippen LogP contribution < -0.4 is 5.32 Å². The van der Waals surface area contributed by atoms with Crippen LogP contribution in [0.15, 0.2) is 54.6 Å². The van der Waals surface area contributed by atoms with E-state index in [1.165, 1.54) is 38.6 Å². The molecule has 0 unspecified atom stereocenters. The standard InChI is InChI=1S/C22H23NO2/c1-2-22(13-24,14-25)23-12-15-10-11-20-18-7-4-3-6-17(18)19-9-5-8-16(15)21(19)20/h3-11,23-25H,2,12-14H2,1H3. The van der Waals surface area contributed by atoms with Crippen LogP contribution in [0, 0.1) is 0 Å². The Kier molecular flexibility index (Phi) is 4.08. The number of benzene rings is 3. The van der Waals surface area contributed by atoms with Gasteiger partial charge in [0, 0.05) is 6.54 Å². The van der Waals surface area contributed by atoms with Crippen LogP contribution in [0.25, 0.3) is 33.0 Å². The Bertz CT molecular complexity index is 891. The maximum Gasteiger partial charge on any atom is 0.0648 e. The van der Waals surface area contributed by atoms with E-state index < -0.39 is 5.54 Å². The Balaban J connectivity index is 1.78. The monoisotopic (exact) mass is 333 g/mol. The molecule has 25 heavy (non-hydrogen) atoms. The molecule has 0 aliphatic heterocycles. The molecular formula is C22H23NO2. The fourth-order valence-electron chi connectivity index (χ4n) is 3.82. The molecule has 0 bridgehead atoms. The highest BCUT2D eigenvalue weighted by Crippen LogP contribution is 2.47. The summed E-state index contributed by atoms with van der Waals surface area (Å²) in [6.45, 7) is 2.44. The lowest BCUT2D eigenvalue weighted by atomic mass is 9.95. The van der Waals surface area contributed by atoms with Gasteiger partial charge in [-0.25, -0.2) is 0 Å². The molecule has 0 saturated carbocycles. The van der Waals surface area contributed by atoms with Crippen molar-refractivity contribution in [2.75, 3.05) is 13.2 Å². The summed E-state index contributed by atoms with van der Waals surface area (Å²) in [6, 6.07) is 19.4. The first-order valence-corrected chi connectivity index (χ1v) is 8.84. The second-order valence-electron chi connectivity index (χ2n) is 6.85. The summed E-state index contributed by atoms with van der Waals surface area (Å²) in [5.74, 6) is 0. The van der Waals surface area contributed by atoms with Gasteiger partial charge < -0.3 is 15.5 Å². The van der Waals surface area contributed by atoms with Gasteiger partial charge in [-0.05, 0) is 45.0 Å². The Labute approximate surface area is 147 Å². The van der Waals surface area contributed by atoms with E-state index in [0.29, 0.717) is 13.0 Å².